The van der Waals surface area contributed by atoms with E-state index in [0.29, 0.717) is 22.2 Å². The molecule has 0 nitrogen and oxygen atoms in total. The molecule has 0 aliphatic heterocycles. The predicted molar refractivity (Wildman–Crippen MR) is 109 cm³/mol. The van der Waals surface area contributed by atoms with E-state index in [1.807, 2.05) is 60.7 Å². The highest BCUT2D eigenvalue weighted by Crippen LogP contribution is 2.37. The molecule has 0 aromatic heterocycles. The van der Waals surface area contributed by atoms with Crippen LogP contribution in [0.2, 0.25) is 0 Å². The SMILES string of the molecule is FC(F)(F)c1c2c(c(-c3cccc4ccccc34)c3ccccc13)=CCCC=2. The molecule has 138 valence electrons. The lowest BCUT2D eigenvalue weighted by Crippen LogP contribution is -2.36. The molecule has 0 amide bonds. The summed E-state index contributed by atoms with van der Waals surface area (Å²) in [7, 11) is 0. The summed E-state index contributed by atoms with van der Waals surface area (Å²) < 4.78 is 42.2. The molecule has 0 N–H and O–H groups in total. The Morgan fingerprint density at radius 3 is 1.96 bits per heavy atom. The molecular weight excluding hydrogens is 357 g/mol. The third kappa shape index (κ3) is 2.54. The van der Waals surface area contributed by atoms with Crippen molar-refractivity contribution in [3.63, 3.8) is 0 Å². The second-order valence-electron chi connectivity index (χ2n) is 7.13. The van der Waals surface area contributed by atoms with Crippen LogP contribution in [-0.2, 0) is 6.18 Å². The zero-order valence-corrected chi connectivity index (χ0v) is 15.1. The van der Waals surface area contributed by atoms with E-state index in [1.165, 1.54) is 0 Å². The Kier molecular flexibility index (Phi) is 3.80. The average Bonchev–Trinajstić information content (AvgIpc) is 2.70. The van der Waals surface area contributed by atoms with Crippen molar-refractivity contribution in [2.75, 3.05) is 0 Å². The van der Waals surface area contributed by atoms with E-state index >= 15 is 0 Å². The number of benzene rings is 4. The van der Waals surface area contributed by atoms with Crippen LogP contribution >= 0.6 is 0 Å². The summed E-state index contributed by atoms with van der Waals surface area (Å²) in [5.41, 5.74) is 1.36. The van der Waals surface area contributed by atoms with Crippen LogP contribution in [0.25, 0.3) is 44.8 Å². The van der Waals surface area contributed by atoms with Gasteiger partial charge in [0, 0.05) is 0 Å². The molecule has 5 rings (SSSR count). The van der Waals surface area contributed by atoms with Crippen LogP contribution in [0.5, 0.6) is 0 Å². The molecule has 0 saturated heterocycles. The smallest absolute Gasteiger partial charge is 0.166 e. The minimum Gasteiger partial charge on any atom is -0.166 e. The van der Waals surface area contributed by atoms with Crippen LogP contribution in [0.1, 0.15) is 18.4 Å². The van der Waals surface area contributed by atoms with Gasteiger partial charge in [0.2, 0.25) is 0 Å². The van der Waals surface area contributed by atoms with Crippen molar-refractivity contribution in [3.8, 4) is 11.1 Å². The fourth-order valence-corrected chi connectivity index (χ4v) is 4.40. The number of alkyl halides is 3. The Morgan fingerprint density at radius 2 is 1.21 bits per heavy atom. The number of halogens is 3. The van der Waals surface area contributed by atoms with Gasteiger partial charge in [0.25, 0.3) is 0 Å². The first-order chi connectivity index (χ1) is 13.6. The van der Waals surface area contributed by atoms with Gasteiger partial charge in [-0.15, -0.1) is 0 Å². The molecule has 0 fully saturated rings. The largest absolute Gasteiger partial charge is 0.417 e. The molecule has 3 heteroatoms. The van der Waals surface area contributed by atoms with E-state index < -0.39 is 11.7 Å². The van der Waals surface area contributed by atoms with Crippen molar-refractivity contribution in [1.29, 1.82) is 0 Å². The lowest BCUT2D eigenvalue weighted by atomic mass is 9.87. The number of rotatable bonds is 1. The maximum Gasteiger partial charge on any atom is 0.417 e. The minimum atomic E-state index is -4.40. The summed E-state index contributed by atoms with van der Waals surface area (Å²) in [5.74, 6) is 0. The molecule has 4 aromatic rings. The zero-order chi connectivity index (χ0) is 19.3. The van der Waals surface area contributed by atoms with Crippen LogP contribution in [0.4, 0.5) is 13.2 Å². The van der Waals surface area contributed by atoms with Crippen molar-refractivity contribution < 1.29 is 13.2 Å². The van der Waals surface area contributed by atoms with Gasteiger partial charge in [-0.1, -0.05) is 78.9 Å². The van der Waals surface area contributed by atoms with Crippen molar-refractivity contribution >= 4 is 33.7 Å². The first kappa shape index (κ1) is 17.1. The van der Waals surface area contributed by atoms with Gasteiger partial charge >= 0.3 is 6.18 Å². The average molecular weight is 374 g/mol. The van der Waals surface area contributed by atoms with E-state index in [4.69, 9.17) is 0 Å². The Morgan fingerprint density at radius 1 is 0.607 bits per heavy atom. The monoisotopic (exact) mass is 374 g/mol. The molecule has 0 saturated carbocycles. The van der Waals surface area contributed by atoms with Gasteiger partial charge < -0.3 is 0 Å². The molecule has 0 spiro atoms. The Labute approximate surface area is 160 Å². The first-order valence-electron chi connectivity index (χ1n) is 9.36. The summed E-state index contributed by atoms with van der Waals surface area (Å²) in [6.07, 6.45) is 0.694. The molecule has 28 heavy (non-hydrogen) atoms. The highest BCUT2D eigenvalue weighted by Gasteiger charge is 2.35. The van der Waals surface area contributed by atoms with Crippen molar-refractivity contribution in [2.24, 2.45) is 0 Å². The van der Waals surface area contributed by atoms with Crippen LogP contribution in [0.3, 0.4) is 0 Å². The van der Waals surface area contributed by atoms with Gasteiger partial charge in [0.05, 0.1) is 5.56 Å². The molecule has 1 aliphatic carbocycles. The highest BCUT2D eigenvalue weighted by molar-refractivity contribution is 6.06. The number of hydrogen-bond donors (Lipinski definition) is 0. The Balaban J connectivity index is 2.06. The van der Waals surface area contributed by atoms with Gasteiger partial charge in [0.1, 0.15) is 0 Å². The maximum absolute atomic E-state index is 14.1. The first-order valence-corrected chi connectivity index (χ1v) is 9.36. The Bertz CT molecular complexity index is 1340. The van der Waals surface area contributed by atoms with Gasteiger partial charge in [-0.2, -0.15) is 13.2 Å². The van der Waals surface area contributed by atoms with Gasteiger partial charge in [-0.3, -0.25) is 0 Å². The van der Waals surface area contributed by atoms with Crippen molar-refractivity contribution in [1.82, 2.24) is 0 Å². The van der Waals surface area contributed by atoms with Gasteiger partial charge in [-0.25, -0.2) is 0 Å². The minimum absolute atomic E-state index is 0.267. The van der Waals surface area contributed by atoms with Crippen LogP contribution in [0, 0.1) is 0 Å². The van der Waals surface area contributed by atoms with Crippen LogP contribution < -0.4 is 10.4 Å². The summed E-state index contributed by atoms with van der Waals surface area (Å²) in [4.78, 5) is 0. The third-order valence-electron chi connectivity index (χ3n) is 5.50. The molecule has 0 bridgehead atoms. The highest BCUT2D eigenvalue weighted by atomic mass is 19.4. The quantitative estimate of drug-likeness (QED) is 0.381. The van der Waals surface area contributed by atoms with E-state index in [0.717, 1.165) is 28.3 Å². The molecule has 4 aromatic carbocycles. The summed E-state index contributed by atoms with van der Waals surface area (Å²) in [6.45, 7) is 0. The summed E-state index contributed by atoms with van der Waals surface area (Å²) >= 11 is 0. The van der Waals surface area contributed by atoms with E-state index in [-0.39, 0.29) is 5.39 Å². The Hall–Kier alpha value is -3.07. The van der Waals surface area contributed by atoms with E-state index in [2.05, 4.69) is 0 Å². The van der Waals surface area contributed by atoms with Crippen molar-refractivity contribution in [3.05, 3.63) is 82.7 Å². The van der Waals surface area contributed by atoms with Crippen molar-refractivity contribution in [2.45, 2.75) is 19.0 Å². The molecule has 0 radical (unpaired) electrons. The van der Waals surface area contributed by atoms with Gasteiger partial charge in [-0.05, 0) is 56.0 Å². The molecule has 0 heterocycles. The fraction of sp³-hybridized carbons (Fsp3) is 0.120. The van der Waals surface area contributed by atoms with Crippen LogP contribution in [0.15, 0.2) is 66.7 Å². The maximum atomic E-state index is 14.1. The predicted octanol–water partition coefficient (Wildman–Crippen LogP) is 6.03. The second-order valence-corrected chi connectivity index (χ2v) is 7.13. The summed E-state index contributed by atoms with van der Waals surface area (Å²) in [6, 6.07) is 21.0. The fourth-order valence-electron chi connectivity index (χ4n) is 4.40. The topological polar surface area (TPSA) is 0 Å². The normalized spacial score (nSPS) is 13.8. The lowest BCUT2D eigenvalue weighted by Gasteiger charge is -2.19. The standard InChI is InChI=1S/C25H17F3/c26-25(27,28)24-21-13-5-3-11-19(21)23(20-12-4-6-14-22(20)24)18-15-7-9-16-8-1-2-10-17(16)18/h1-3,5,7-15H,4,6H2. The van der Waals surface area contributed by atoms with Gasteiger partial charge in [0.15, 0.2) is 0 Å². The molecule has 0 unspecified atom stereocenters. The molecule has 1 aliphatic rings. The summed E-state index contributed by atoms with van der Waals surface area (Å²) in [5, 5.41) is 4.07. The lowest BCUT2D eigenvalue weighted by molar-refractivity contribution is -0.137. The number of hydrogen-bond acceptors (Lipinski definition) is 0. The van der Waals surface area contributed by atoms with Crippen LogP contribution in [-0.4, -0.2) is 0 Å². The zero-order valence-electron chi connectivity index (χ0n) is 15.1. The van der Waals surface area contributed by atoms with E-state index in [9.17, 15) is 13.2 Å². The molecular formula is C25H17F3. The molecule has 0 atom stereocenters. The second kappa shape index (κ2) is 6.23. The van der Waals surface area contributed by atoms with E-state index in [1.54, 1.807) is 18.2 Å². The third-order valence-corrected chi connectivity index (χ3v) is 5.50. The number of fused-ring (bicyclic) bond motifs is 3.